The van der Waals surface area contributed by atoms with Gasteiger partial charge >= 0.3 is 0 Å². The van der Waals surface area contributed by atoms with Gasteiger partial charge in [-0.2, -0.15) is 0 Å². The second-order valence-electron chi connectivity index (χ2n) is 6.91. The molecule has 1 heterocycles. The van der Waals surface area contributed by atoms with Crippen molar-refractivity contribution in [1.29, 1.82) is 0 Å². The maximum absolute atomic E-state index is 12.4. The zero-order valence-corrected chi connectivity index (χ0v) is 16.1. The SMILES string of the molecule is CC(C)(C)c1ccc(C(=O)N[C@H](Cc2cccnc2Br)C(N)=O)cc1. The van der Waals surface area contributed by atoms with Crippen LogP contribution in [0.15, 0.2) is 47.2 Å². The van der Waals surface area contributed by atoms with E-state index in [4.69, 9.17) is 5.73 Å². The van der Waals surface area contributed by atoms with Crippen LogP contribution >= 0.6 is 15.9 Å². The van der Waals surface area contributed by atoms with Crippen molar-refractivity contribution >= 4 is 27.7 Å². The molecule has 0 saturated heterocycles. The Hall–Kier alpha value is -2.21. The second kappa shape index (κ2) is 7.78. The largest absolute Gasteiger partial charge is 0.368 e. The molecule has 132 valence electrons. The van der Waals surface area contributed by atoms with Crippen molar-refractivity contribution in [3.8, 4) is 0 Å². The summed E-state index contributed by atoms with van der Waals surface area (Å²) < 4.78 is 0.630. The third kappa shape index (κ3) is 5.13. The minimum atomic E-state index is -0.810. The first kappa shape index (κ1) is 19.1. The first-order valence-corrected chi connectivity index (χ1v) is 8.78. The molecule has 5 nitrogen and oxygen atoms in total. The van der Waals surface area contributed by atoms with Crippen molar-refractivity contribution in [3.05, 3.63) is 63.9 Å². The number of aromatic nitrogens is 1. The van der Waals surface area contributed by atoms with E-state index in [1.165, 1.54) is 0 Å². The number of carbonyl (C=O) groups excluding carboxylic acids is 2. The lowest BCUT2D eigenvalue weighted by Crippen LogP contribution is -2.45. The van der Waals surface area contributed by atoms with E-state index in [9.17, 15) is 9.59 Å². The van der Waals surface area contributed by atoms with Crippen molar-refractivity contribution in [2.45, 2.75) is 38.6 Å². The number of amides is 2. The molecule has 1 aromatic carbocycles. The third-order valence-electron chi connectivity index (χ3n) is 3.92. The number of pyridine rings is 1. The molecule has 3 N–H and O–H groups in total. The van der Waals surface area contributed by atoms with E-state index in [0.717, 1.165) is 11.1 Å². The van der Waals surface area contributed by atoms with E-state index < -0.39 is 11.9 Å². The molecule has 0 bridgehead atoms. The maximum Gasteiger partial charge on any atom is 0.251 e. The average Bonchev–Trinajstić information content (AvgIpc) is 2.55. The number of rotatable bonds is 5. The lowest BCUT2D eigenvalue weighted by molar-refractivity contribution is -0.119. The summed E-state index contributed by atoms with van der Waals surface area (Å²) in [7, 11) is 0. The summed E-state index contributed by atoms with van der Waals surface area (Å²) in [5.41, 5.74) is 7.89. The van der Waals surface area contributed by atoms with Crippen molar-refractivity contribution < 1.29 is 9.59 Å². The van der Waals surface area contributed by atoms with E-state index in [0.29, 0.717) is 10.2 Å². The Morgan fingerprint density at radius 2 is 1.84 bits per heavy atom. The molecule has 2 rings (SSSR count). The fraction of sp³-hybridized carbons (Fsp3) is 0.316. The molecule has 0 fully saturated rings. The minimum absolute atomic E-state index is 0.0113. The Labute approximate surface area is 156 Å². The fourth-order valence-corrected chi connectivity index (χ4v) is 2.79. The number of nitrogens with two attached hydrogens (primary N) is 1. The van der Waals surface area contributed by atoms with E-state index in [2.05, 4.69) is 47.0 Å². The smallest absolute Gasteiger partial charge is 0.251 e. The standard InChI is InChI=1S/C19H22BrN3O2/c1-19(2,3)14-8-6-12(7-9-14)18(25)23-15(17(21)24)11-13-5-4-10-22-16(13)20/h4-10,15H,11H2,1-3H3,(H2,21,24)(H,23,25)/t15-/m1/s1. The van der Waals surface area contributed by atoms with Crippen LogP contribution in [0.3, 0.4) is 0 Å². The van der Waals surface area contributed by atoms with Gasteiger partial charge in [-0.05, 0) is 50.7 Å². The van der Waals surface area contributed by atoms with E-state index in [-0.39, 0.29) is 17.7 Å². The Morgan fingerprint density at radius 1 is 1.20 bits per heavy atom. The molecule has 2 aromatic rings. The molecule has 0 aliphatic rings. The number of benzene rings is 1. The molecule has 0 radical (unpaired) electrons. The number of nitrogens with zero attached hydrogens (tertiary/aromatic N) is 1. The summed E-state index contributed by atoms with van der Waals surface area (Å²) in [6.45, 7) is 6.32. The maximum atomic E-state index is 12.4. The molecule has 0 aliphatic heterocycles. The summed E-state index contributed by atoms with van der Waals surface area (Å²) in [6.07, 6.45) is 1.91. The highest BCUT2D eigenvalue weighted by Crippen LogP contribution is 2.22. The Balaban J connectivity index is 2.13. The van der Waals surface area contributed by atoms with Gasteiger partial charge in [0.05, 0.1) is 0 Å². The zero-order valence-electron chi connectivity index (χ0n) is 14.5. The van der Waals surface area contributed by atoms with Gasteiger partial charge < -0.3 is 11.1 Å². The molecule has 0 saturated carbocycles. The molecule has 2 amide bonds. The summed E-state index contributed by atoms with van der Waals surface area (Å²) in [5.74, 6) is -0.917. The van der Waals surface area contributed by atoms with Gasteiger partial charge in [0, 0.05) is 18.2 Å². The monoisotopic (exact) mass is 403 g/mol. The van der Waals surface area contributed by atoms with Gasteiger partial charge in [-0.3, -0.25) is 9.59 Å². The van der Waals surface area contributed by atoms with Gasteiger partial charge in [-0.25, -0.2) is 4.98 Å². The van der Waals surface area contributed by atoms with E-state index in [1.807, 2.05) is 18.2 Å². The Bertz CT molecular complexity index is 767. The predicted molar refractivity (Wildman–Crippen MR) is 101 cm³/mol. The van der Waals surface area contributed by atoms with Crippen LogP contribution in [-0.4, -0.2) is 22.8 Å². The summed E-state index contributed by atoms with van der Waals surface area (Å²) in [4.78, 5) is 28.3. The number of hydrogen-bond acceptors (Lipinski definition) is 3. The number of primary amides is 1. The lowest BCUT2D eigenvalue weighted by Gasteiger charge is -2.20. The van der Waals surface area contributed by atoms with Crippen molar-refractivity contribution in [3.63, 3.8) is 0 Å². The van der Waals surface area contributed by atoms with Crippen molar-refractivity contribution in [1.82, 2.24) is 10.3 Å². The third-order valence-corrected chi connectivity index (χ3v) is 4.64. The molecule has 1 atom stereocenters. The highest BCUT2D eigenvalue weighted by Gasteiger charge is 2.21. The van der Waals surface area contributed by atoms with Gasteiger partial charge in [0.15, 0.2) is 0 Å². The van der Waals surface area contributed by atoms with Crippen LogP contribution in [0.4, 0.5) is 0 Å². The van der Waals surface area contributed by atoms with Gasteiger partial charge in [0.1, 0.15) is 10.6 Å². The van der Waals surface area contributed by atoms with Crippen LogP contribution in [-0.2, 0) is 16.6 Å². The molecular formula is C19H22BrN3O2. The number of nitrogens with one attached hydrogen (secondary N) is 1. The topological polar surface area (TPSA) is 85.1 Å². The molecule has 0 aliphatic carbocycles. The van der Waals surface area contributed by atoms with Gasteiger partial charge in [-0.1, -0.05) is 39.0 Å². The lowest BCUT2D eigenvalue weighted by atomic mass is 9.86. The van der Waals surface area contributed by atoms with Crippen molar-refractivity contribution in [2.24, 2.45) is 5.73 Å². The van der Waals surface area contributed by atoms with Crippen LogP contribution in [0.25, 0.3) is 0 Å². The highest BCUT2D eigenvalue weighted by molar-refractivity contribution is 9.10. The van der Waals surface area contributed by atoms with Crippen molar-refractivity contribution in [2.75, 3.05) is 0 Å². The summed E-state index contributed by atoms with van der Waals surface area (Å²) in [5, 5.41) is 2.70. The average molecular weight is 404 g/mol. The Morgan fingerprint density at radius 3 is 2.36 bits per heavy atom. The van der Waals surface area contributed by atoms with Gasteiger partial charge in [-0.15, -0.1) is 0 Å². The fourth-order valence-electron chi connectivity index (χ4n) is 2.38. The summed E-state index contributed by atoms with van der Waals surface area (Å²) >= 11 is 3.34. The normalized spacial score (nSPS) is 12.5. The van der Waals surface area contributed by atoms with Crippen LogP contribution in [0.5, 0.6) is 0 Å². The quantitative estimate of drug-likeness (QED) is 0.752. The second-order valence-corrected chi connectivity index (χ2v) is 7.66. The molecule has 0 spiro atoms. The van der Waals surface area contributed by atoms with Crippen LogP contribution in [0, 0.1) is 0 Å². The number of hydrogen-bond donors (Lipinski definition) is 2. The Kier molecular flexibility index (Phi) is 5.95. The highest BCUT2D eigenvalue weighted by atomic mass is 79.9. The predicted octanol–water partition coefficient (Wildman–Crippen LogP) is 2.97. The van der Waals surface area contributed by atoms with E-state index in [1.54, 1.807) is 24.4 Å². The van der Waals surface area contributed by atoms with Gasteiger partial charge in [0.2, 0.25) is 5.91 Å². The molecule has 0 unspecified atom stereocenters. The molecular weight excluding hydrogens is 382 g/mol. The number of halogens is 1. The number of carbonyl (C=O) groups is 2. The minimum Gasteiger partial charge on any atom is -0.368 e. The first-order chi connectivity index (χ1) is 11.7. The zero-order chi connectivity index (χ0) is 18.6. The van der Waals surface area contributed by atoms with Crippen LogP contribution in [0.1, 0.15) is 42.3 Å². The van der Waals surface area contributed by atoms with E-state index >= 15 is 0 Å². The first-order valence-electron chi connectivity index (χ1n) is 7.98. The molecule has 25 heavy (non-hydrogen) atoms. The van der Waals surface area contributed by atoms with Crippen LogP contribution in [0.2, 0.25) is 0 Å². The summed E-state index contributed by atoms with van der Waals surface area (Å²) in [6, 6.07) is 10.2. The van der Waals surface area contributed by atoms with Crippen LogP contribution < -0.4 is 11.1 Å². The molecule has 1 aromatic heterocycles. The molecule has 6 heteroatoms. The van der Waals surface area contributed by atoms with Gasteiger partial charge in [0.25, 0.3) is 5.91 Å².